The molecule has 2 heterocycles. The zero-order chi connectivity index (χ0) is 25.3. The summed E-state index contributed by atoms with van der Waals surface area (Å²) >= 11 is 6.43. The van der Waals surface area contributed by atoms with Crippen LogP contribution < -0.4 is 10.1 Å². The fourth-order valence-corrected chi connectivity index (χ4v) is 4.71. The van der Waals surface area contributed by atoms with Gasteiger partial charge in [0, 0.05) is 48.5 Å². The second kappa shape index (κ2) is 9.90. The molecule has 3 aromatic rings. The minimum absolute atomic E-state index is 0.0106. The van der Waals surface area contributed by atoms with E-state index in [0.717, 1.165) is 34.8 Å². The number of nitrogens with one attached hydrogen (secondary N) is 1. The number of nitrogens with zero attached hydrogens (tertiary/aromatic N) is 2. The molecule has 1 aliphatic heterocycles. The SMILES string of the molecule is CC(C)Oc1ccc(C2=CC(=O)C[C@H](Cc3ccc(-c4cn(C)c(C(C)(C)C)n4)cc3)N2)cc1Cl. The van der Waals surface area contributed by atoms with Crippen LogP contribution in [0.4, 0.5) is 0 Å². The third-order valence-electron chi connectivity index (χ3n) is 6.00. The topological polar surface area (TPSA) is 56.2 Å². The summed E-state index contributed by atoms with van der Waals surface area (Å²) in [7, 11) is 2.04. The van der Waals surface area contributed by atoms with Gasteiger partial charge >= 0.3 is 0 Å². The number of ether oxygens (including phenoxy) is 1. The van der Waals surface area contributed by atoms with Crippen LogP contribution in [0, 0.1) is 0 Å². The van der Waals surface area contributed by atoms with E-state index in [1.165, 1.54) is 5.56 Å². The van der Waals surface area contributed by atoms with E-state index < -0.39 is 0 Å². The third kappa shape index (κ3) is 5.96. The first-order valence-electron chi connectivity index (χ1n) is 12.1. The lowest BCUT2D eigenvalue weighted by atomic mass is 9.95. The number of benzene rings is 2. The van der Waals surface area contributed by atoms with Gasteiger partial charge in [-0.25, -0.2) is 4.98 Å². The van der Waals surface area contributed by atoms with Crippen LogP contribution in [0.5, 0.6) is 5.75 Å². The molecule has 0 fully saturated rings. The van der Waals surface area contributed by atoms with Gasteiger partial charge in [-0.1, -0.05) is 56.6 Å². The van der Waals surface area contributed by atoms with Gasteiger partial charge in [0.15, 0.2) is 5.78 Å². The van der Waals surface area contributed by atoms with Gasteiger partial charge in [0.1, 0.15) is 11.6 Å². The van der Waals surface area contributed by atoms with Crippen LogP contribution in [0.15, 0.2) is 54.7 Å². The van der Waals surface area contributed by atoms with Crippen LogP contribution in [-0.2, 0) is 23.7 Å². The molecule has 1 atom stereocenters. The average Bonchev–Trinajstić information content (AvgIpc) is 3.17. The monoisotopic (exact) mass is 491 g/mol. The van der Waals surface area contributed by atoms with Gasteiger partial charge in [0.2, 0.25) is 0 Å². The summed E-state index contributed by atoms with van der Waals surface area (Å²) in [5.74, 6) is 1.82. The van der Waals surface area contributed by atoms with Crippen LogP contribution in [-0.4, -0.2) is 27.5 Å². The summed E-state index contributed by atoms with van der Waals surface area (Å²) in [6.07, 6.45) is 5.00. The molecule has 1 N–H and O–H groups in total. The number of imidazole rings is 1. The van der Waals surface area contributed by atoms with Crippen molar-refractivity contribution in [1.29, 1.82) is 0 Å². The van der Waals surface area contributed by atoms with Crippen molar-refractivity contribution in [2.45, 2.75) is 65.0 Å². The molecule has 5 nitrogen and oxygen atoms in total. The maximum atomic E-state index is 12.5. The molecule has 6 heteroatoms. The molecular weight excluding hydrogens is 458 g/mol. The highest BCUT2D eigenvalue weighted by atomic mass is 35.5. The number of carbonyl (C=O) groups excluding carboxylic acids is 1. The average molecular weight is 492 g/mol. The van der Waals surface area contributed by atoms with Crippen molar-refractivity contribution < 1.29 is 9.53 Å². The maximum absolute atomic E-state index is 12.5. The summed E-state index contributed by atoms with van der Waals surface area (Å²) in [5, 5.41) is 4.07. The molecule has 0 spiro atoms. The molecule has 0 aliphatic carbocycles. The molecule has 4 rings (SSSR count). The van der Waals surface area contributed by atoms with Gasteiger partial charge in [0.05, 0.1) is 16.8 Å². The van der Waals surface area contributed by atoms with Gasteiger partial charge in [0.25, 0.3) is 0 Å². The van der Waals surface area contributed by atoms with E-state index in [1.807, 2.05) is 39.1 Å². The van der Waals surface area contributed by atoms with Gasteiger partial charge in [-0.2, -0.15) is 0 Å². The lowest BCUT2D eigenvalue weighted by Crippen LogP contribution is -2.35. The Morgan fingerprint density at radius 1 is 1.14 bits per heavy atom. The lowest BCUT2D eigenvalue weighted by Gasteiger charge is -2.25. The Bertz CT molecular complexity index is 1250. The van der Waals surface area contributed by atoms with E-state index in [-0.39, 0.29) is 23.3 Å². The number of hydrogen-bond acceptors (Lipinski definition) is 4. The fourth-order valence-electron chi connectivity index (χ4n) is 4.48. The second-order valence-electron chi connectivity index (χ2n) is 10.6. The highest BCUT2D eigenvalue weighted by Crippen LogP contribution is 2.30. The number of halogens is 1. The number of aryl methyl sites for hydroxylation is 1. The fraction of sp³-hybridized carbons (Fsp3) is 0.379. The summed E-state index contributed by atoms with van der Waals surface area (Å²) in [6.45, 7) is 10.4. The molecule has 1 aliphatic rings. The highest BCUT2D eigenvalue weighted by molar-refractivity contribution is 6.32. The largest absolute Gasteiger partial charge is 0.489 e. The smallest absolute Gasteiger partial charge is 0.159 e. The summed E-state index contributed by atoms with van der Waals surface area (Å²) in [4.78, 5) is 17.4. The van der Waals surface area contributed by atoms with E-state index in [0.29, 0.717) is 17.2 Å². The third-order valence-corrected chi connectivity index (χ3v) is 6.29. The molecule has 35 heavy (non-hydrogen) atoms. The molecule has 0 saturated carbocycles. The first kappa shape index (κ1) is 25.1. The van der Waals surface area contributed by atoms with Gasteiger partial charge in [-0.05, 0) is 49.6 Å². The van der Waals surface area contributed by atoms with Crippen LogP contribution in [0.1, 0.15) is 58.0 Å². The van der Waals surface area contributed by atoms with E-state index in [2.05, 4.69) is 61.1 Å². The van der Waals surface area contributed by atoms with Crippen molar-refractivity contribution in [3.63, 3.8) is 0 Å². The lowest BCUT2D eigenvalue weighted by molar-refractivity contribution is -0.115. The predicted octanol–water partition coefficient (Wildman–Crippen LogP) is 6.34. The standard InChI is InChI=1S/C29H34ClN3O2/c1-18(2)35-27-12-11-21(14-24(27)30)25-16-23(34)15-22(31-25)13-19-7-9-20(10-8-19)26-17-33(6)28(32-26)29(3,4)5/h7-12,14,16-18,22,31H,13,15H2,1-6H3/t22-/m0/s1. The molecule has 0 bridgehead atoms. The Morgan fingerprint density at radius 3 is 2.43 bits per heavy atom. The van der Waals surface area contributed by atoms with Crippen molar-refractivity contribution in [2.75, 3.05) is 0 Å². The number of aromatic nitrogens is 2. The van der Waals surface area contributed by atoms with Crippen molar-refractivity contribution in [3.8, 4) is 17.0 Å². The molecule has 1 aromatic heterocycles. The van der Waals surface area contributed by atoms with E-state index in [9.17, 15) is 4.79 Å². The Labute approximate surface area is 213 Å². The normalized spacial score (nSPS) is 16.3. The van der Waals surface area contributed by atoms with Crippen molar-refractivity contribution in [1.82, 2.24) is 14.9 Å². The number of allylic oxidation sites excluding steroid dienone is 1. The van der Waals surface area contributed by atoms with Gasteiger partial charge in [-0.3, -0.25) is 4.79 Å². The molecule has 0 amide bonds. The van der Waals surface area contributed by atoms with Crippen LogP contribution in [0.3, 0.4) is 0 Å². The van der Waals surface area contributed by atoms with Gasteiger partial charge < -0.3 is 14.6 Å². The van der Waals surface area contributed by atoms with Crippen molar-refractivity contribution in [3.05, 3.63) is 76.7 Å². The Hall–Kier alpha value is -3.05. The molecule has 184 valence electrons. The first-order chi connectivity index (χ1) is 16.5. The van der Waals surface area contributed by atoms with Crippen LogP contribution in [0.2, 0.25) is 5.02 Å². The summed E-state index contributed by atoms with van der Waals surface area (Å²) < 4.78 is 7.83. The minimum atomic E-state index is -0.0106. The summed E-state index contributed by atoms with van der Waals surface area (Å²) in [6, 6.07) is 14.1. The Morgan fingerprint density at radius 2 is 1.83 bits per heavy atom. The molecular formula is C29H34ClN3O2. The highest BCUT2D eigenvalue weighted by Gasteiger charge is 2.23. The molecule has 2 aromatic carbocycles. The Kier molecular flexibility index (Phi) is 7.09. The van der Waals surface area contributed by atoms with Crippen molar-refractivity contribution >= 4 is 23.1 Å². The van der Waals surface area contributed by atoms with E-state index in [1.54, 1.807) is 6.08 Å². The first-order valence-corrected chi connectivity index (χ1v) is 12.5. The van der Waals surface area contributed by atoms with Crippen LogP contribution >= 0.6 is 11.6 Å². The zero-order valence-electron chi connectivity index (χ0n) is 21.4. The van der Waals surface area contributed by atoms with Crippen LogP contribution in [0.25, 0.3) is 17.0 Å². The number of hydrogen-bond donors (Lipinski definition) is 1. The quantitative estimate of drug-likeness (QED) is 0.437. The number of ketones is 1. The molecule has 0 saturated heterocycles. The molecule has 0 radical (unpaired) electrons. The van der Waals surface area contributed by atoms with Gasteiger partial charge in [-0.15, -0.1) is 0 Å². The maximum Gasteiger partial charge on any atom is 0.159 e. The summed E-state index contributed by atoms with van der Waals surface area (Å²) in [5.41, 5.74) is 4.90. The number of carbonyl (C=O) groups is 1. The Balaban J connectivity index is 1.46. The van der Waals surface area contributed by atoms with Crippen molar-refractivity contribution in [2.24, 2.45) is 7.05 Å². The predicted molar refractivity (Wildman–Crippen MR) is 143 cm³/mol. The van der Waals surface area contributed by atoms with E-state index >= 15 is 0 Å². The minimum Gasteiger partial charge on any atom is -0.489 e. The second-order valence-corrected chi connectivity index (χ2v) is 11.0. The van der Waals surface area contributed by atoms with E-state index in [4.69, 9.17) is 21.3 Å². The number of rotatable bonds is 6. The zero-order valence-corrected chi connectivity index (χ0v) is 22.1. The molecule has 0 unspecified atom stereocenters.